The maximum Gasteiger partial charge on any atom is 0.319 e. The van der Waals surface area contributed by atoms with Crippen LogP contribution in [0.5, 0.6) is 6.01 Å². The van der Waals surface area contributed by atoms with E-state index in [0.717, 1.165) is 76.4 Å². The van der Waals surface area contributed by atoms with Gasteiger partial charge in [-0.05, 0) is 38.5 Å². The van der Waals surface area contributed by atoms with Gasteiger partial charge in [0.1, 0.15) is 22.8 Å². The zero-order valence-corrected chi connectivity index (χ0v) is 17.6. The molecule has 9 nitrogen and oxygen atoms in total. The quantitative estimate of drug-likeness (QED) is 0.359. The standard InChI is InChI=1S/C21H31N7O2/c1-2-3-12-30-21-26-18-15(16(13-22)25-19(18)20(23)27-21)8-5-4-6-10-28-11-7-9-17(28)24-14-29/h14,17,25H,2-12H2,1H3,(H,24,29)(H2,23,26,27)/t17-/m0/s1. The molecule has 4 N–H and O–H groups in total. The van der Waals surface area contributed by atoms with Gasteiger partial charge in [0.05, 0.1) is 12.8 Å². The third kappa shape index (κ3) is 5.19. The third-order valence-electron chi connectivity index (χ3n) is 5.59. The highest BCUT2D eigenvalue weighted by Gasteiger charge is 2.23. The van der Waals surface area contributed by atoms with Crippen molar-refractivity contribution < 1.29 is 9.53 Å². The van der Waals surface area contributed by atoms with Crippen LogP contribution in [0.15, 0.2) is 0 Å². The van der Waals surface area contributed by atoms with Crippen molar-refractivity contribution in [2.45, 2.75) is 64.5 Å². The molecular formula is C21H31N7O2. The molecule has 1 fully saturated rings. The second-order valence-electron chi connectivity index (χ2n) is 7.70. The lowest BCUT2D eigenvalue weighted by molar-refractivity contribution is -0.111. The summed E-state index contributed by atoms with van der Waals surface area (Å²) >= 11 is 0. The Bertz CT molecular complexity index is 890. The highest BCUT2D eigenvalue weighted by Crippen LogP contribution is 2.27. The molecule has 1 atom stereocenters. The number of anilines is 1. The van der Waals surface area contributed by atoms with E-state index in [9.17, 15) is 10.1 Å². The molecule has 9 heteroatoms. The molecule has 162 valence electrons. The number of carbonyl (C=O) groups excluding carboxylic acids is 1. The van der Waals surface area contributed by atoms with Crippen molar-refractivity contribution in [2.75, 3.05) is 25.4 Å². The van der Waals surface area contributed by atoms with Crippen LogP contribution >= 0.6 is 0 Å². The molecule has 1 aliphatic rings. The van der Waals surface area contributed by atoms with E-state index in [1.807, 2.05) is 0 Å². The largest absolute Gasteiger partial charge is 0.463 e. The summed E-state index contributed by atoms with van der Waals surface area (Å²) in [5.74, 6) is 0.303. The highest BCUT2D eigenvalue weighted by atomic mass is 16.5. The van der Waals surface area contributed by atoms with Gasteiger partial charge in [0, 0.05) is 18.7 Å². The minimum Gasteiger partial charge on any atom is -0.463 e. The number of rotatable bonds is 12. The van der Waals surface area contributed by atoms with Crippen molar-refractivity contribution in [1.82, 2.24) is 25.2 Å². The Morgan fingerprint density at radius 1 is 1.37 bits per heavy atom. The first kappa shape index (κ1) is 21.8. The number of hydrogen-bond acceptors (Lipinski definition) is 7. The molecule has 1 saturated heterocycles. The highest BCUT2D eigenvalue weighted by molar-refractivity contribution is 5.89. The van der Waals surface area contributed by atoms with Crippen LogP contribution in [0.4, 0.5) is 5.82 Å². The number of amides is 1. The van der Waals surface area contributed by atoms with E-state index in [4.69, 9.17) is 10.5 Å². The second-order valence-corrected chi connectivity index (χ2v) is 7.70. The Hall–Kier alpha value is -2.86. The van der Waals surface area contributed by atoms with E-state index in [1.54, 1.807) is 0 Å². The van der Waals surface area contributed by atoms with E-state index < -0.39 is 0 Å². The number of carbonyl (C=O) groups is 1. The lowest BCUT2D eigenvalue weighted by Crippen LogP contribution is -2.40. The SMILES string of the molecule is CCCCOc1nc(N)c2[nH]c(C#N)c(CCCCCN3CCC[C@H]3NC=O)c2n1. The van der Waals surface area contributed by atoms with Gasteiger partial charge < -0.3 is 20.8 Å². The van der Waals surface area contributed by atoms with Gasteiger partial charge in [-0.25, -0.2) is 0 Å². The Labute approximate surface area is 177 Å². The van der Waals surface area contributed by atoms with Gasteiger partial charge in [-0.1, -0.05) is 19.8 Å². The minimum absolute atomic E-state index is 0.173. The van der Waals surface area contributed by atoms with Gasteiger partial charge in [0.15, 0.2) is 5.82 Å². The summed E-state index contributed by atoms with van der Waals surface area (Å²) in [6.45, 7) is 4.63. The number of unbranched alkanes of at least 4 members (excludes halogenated alkanes) is 3. The average molecular weight is 414 g/mol. The van der Waals surface area contributed by atoms with Crippen LogP contribution in [-0.2, 0) is 11.2 Å². The summed E-state index contributed by atoms with van der Waals surface area (Å²) in [4.78, 5) is 24.8. The molecule has 1 aliphatic heterocycles. The van der Waals surface area contributed by atoms with E-state index >= 15 is 0 Å². The Balaban J connectivity index is 1.60. The number of fused-ring (bicyclic) bond motifs is 1. The molecule has 0 spiro atoms. The Morgan fingerprint density at radius 3 is 3.00 bits per heavy atom. The summed E-state index contributed by atoms with van der Waals surface area (Å²) in [5.41, 5.74) is 8.73. The molecule has 0 bridgehead atoms. The maximum absolute atomic E-state index is 10.7. The molecule has 0 unspecified atom stereocenters. The predicted molar refractivity (Wildman–Crippen MR) is 115 cm³/mol. The average Bonchev–Trinajstić information content (AvgIpc) is 3.33. The van der Waals surface area contributed by atoms with Gasteiger partial charge in [0.25, 0.3) is 0 Å². The minimum atomic E-state index is 0.173. The number of nitrogen functional groups attached to an aromatic ring is 1. The maximum atomic E-state index is 10.7. The molecule has 2 aromatic rings. The zero-order valence-electron chi connectivity index (χ0n) is 17.6. The van der Waals surface area contributed by atoms with Crippen LogP contribution < -0.4 is 15.8 Å². The number of aromatic amines is 1. The summed E-state index contributed by atoms with van der Waals surface area (Å²) in [7, 11) is 0. The molecule has 0 radical (unpaired) electrons. The number of nitrogens with zero attached hydrogens (tertiary/aromatic N) is 4. The van der Waals surface area contributed by atoms with Crippen LogP contribution in [0.3, 0.4) is 0 Å². The molecule has 0 aliphatic carbocycles. The number of H-pyrrole nitrogens is 1. The lowest BCUT2D eigenvalue weighted by Gasteiger charge is -2.23. The Kier molecular flexibility index (Phi) is 7.85. The molecule has 3 heterocycles. The third-order valence-corrected chi connectivity index (χ3v) is 5.59. The normalized spacial score (nSPS) is 16.6. The fourth-order valence-corrected chi connectivity index (χ4v) is 3.98. The number of hydrogen-bond donors (Lipinski definition) is 3. The van der Waals surface area contributed by atoms with Crippen molar-refractivity contribution in [3.63, 3.8) is 0 Å². The van der Waals surface area contributed by atoms with Gasteiger partial charge in [-0.3, -0.25) is 9.69 Å². The molecule has 2 aromatic heterocycles. The molecular weight excluding hydrogens is 382 g/mol. The second kappa shape index (κ2) is 10.8. The van der Waals surface area contributed by atoms with Gasteiger partial charge in [-0.2, -0.15) is 15.2 Å². The zero-order chi connectivity index (χ0) is 21.3. The summed E-state index contributed by atoms with van der Waals surface area (Å²) in [6.07, 6.45) is 8.80. The first-order valence-electron chi connectivity index (χ1n) is 10.8. The molecule has 0 aromatic carbocycles. The number of nitrogens with one attached hydrogen (secondary N) is 2. The van der Waals surface area contributed by atoms with Gasteiger partial charge in [-0.15, -0.1) is 0 Å². The van der Waals surface area contributed by atoms with Crippen LogP contribution in [-0.4, -0.2) is 52.1 Å². The van der Waals surface area contributed by atoms with Crippen LogP contribution in [0.25, 0.3) is 11.0 Å². The predicted octanol–water partition coefficient (Wildman–Crippen LogP) is 2.47. The van der Waals surface area contributed by atoms with Crippen LogP contribution in [0.1, 0.15) is 63.1 Å². The fraction of sp³-hybridized carbons (Fsp3) is 0.619. The molecule has 1 amide bonds. The number of aromatic nitrogens is 3. The number of likely N-dealkylation sites (tertiary alicyclic amines) is 1. The molecule has 30 heavy (non-hydrogen) atoms. The molecule has 3 rings (SSSR count). The van der Waals surface area contributed by atoms with Crippen molar-refractivity contribution in [1.29, 1.82) is 5.26 Å². The summed E-state index contributed by atoms with van der Waals surface area (Å²) in [6, 6.07) is 2.48. The van der Waals surface area contributed by atoms with E-state index in [1.165, 1.54) is 0 Å². The number of aryl methyl sites for hydroxylation is 1. The van der Waals surface area contributed by atoms with Gasteiger partial charge >= 0.3 is 6.01 Å². The summed E-state index contributed by atoms with van der Waals surface area (Å²) in [5, 5.41) is 12.4. The topological polar surface area (TPSA) is 133 Å². The fourth-order valence-electron chi connectivity index (χ4n) is 3.98. The lowest BCUT2D eigenvalue weighted by atomic mass is 10.1. The van der Waals surface area contributed by atoms with Crippen molar-refractivity contribution in [3.8, 4) is 12.1 Å². The van der Waals surface area contributed by atoms with Crippen molar-refractivity contribution in [2.24, 2.45) is 0 Å². The van der Waals surface area contributed by atoms with Gasteiger partial charge in [0.2, 0.25) is 6.41 Å². The molecule has 0 saturated carbocycles. The Morgan fingerprint density at radius 2 is 2.23 bits per heavy atom. The summed E-state index contributed by atoms with van der Waals surface area (Å²) < 4.78 is 5.63. The van der Waals surface area contributed by atoms with E-state index in [2.05, 4.69) is 38.2 Å². The smallest absolute Gasteiger partial charge is 0.319 e. The monoisotopic (exact) mass is 413 g/mol. The number of nitriles is 1. The van der Waals surface area contributed by atoms with E-state index in [-0.39, 0.29) is 12.2 Å². The van der Waals surface area contributed by atoms with Crippen LogP contribution in [0, 0.1) is 11.3 Å². The van der Waals surface area contributed by atoms with Crippen LogP contribution in [0.2, 0.25) is 0 Å². The first-order valence-corrected chi connectivity index (χ1v) is 10.8. The number of nitrogens with two attached hydrogens (primary N) is 1. The number of ether oxygens (including phenoxy) is 1. The van der Waals surface area contributed by atoms with E-state index in [0.29, 0.717) is 29.2 Å². The first-order chi connectivity index (χ1) is 14.7. The van der Waals surface area contributed by atoms with Crippen molar-refractivity contribution >= 4 is 23.3 Å². The van der Waals surface area contributed by atoms with Crippen molar-refractivity contribution in [3.05, 3.63) is 11.3 Å².